The van der Waals surface area contributed by atoms with Crippen molar-refractivity contribution < 1.29 is 4.79 Å². The van der Waals surface area contributed by atoms with E-state index >= 15 is 0 Å². The van der Waals surface area contributed by atoms with E-state index in [0.717, 1.165) is 25.8 Å². The molecule has 1 atom stereocenters. The van der Waals surface area contributed by atoms with Crippen molar-refractivity contribution in [3.63, 3.8) is 0 Å². The summed E-state index contributed by atoms with van der Waals surface area (Å²) < 4.78 is 0. The lowest BCUT2D eigenvalue weighted by molar-refractivity contribution is -0.123. The Labute approximate surface area is 111 Å². The molecule has 1 N–H and O–H groups in total. The van der Waals surface area contributed by atoms with Crippen LogP contribution in [-0.4, -0.2) is 37.0 Å². The summed E-state index contributed by atoms with van der Waals surface area (Å²) in [4.78, 5) is 13.9. The molecule has 18 heavy (non-hydrogen) atoms. The van der Waals surface area contributed by atoms with E-state index in [9.17, 15) is 4.79 Å². The molecule has 0 spiro atoms. The van der Waals surface area contributed by atoms with Crippen LogP contribution in [0.3, 0.4) is 0 Å². The third-order valence-electron chi connectivity index (χ3n) is 3.17. The number of hydrogen-bond acceptors (Lipinski definition) is 3. The highest BCUT2D eigenvalue weighted by molar-refractivity contribution is 5.80. The van der Waals surface area contributed by atoms with Crippen LogP contribution in [0, 0.1) is 17.2 Å². The number of amides is 1. The maximum absolute atomic E-state index is 11.6. The van der Waals surface area contributed by atoms with Gasteiger partial charge in [-0.05, 0) is 46.7 Å². The van der Waals surface area contributed by atoms with Crippen LogP contribution in [0.2, 0.25) is 0 Å². The van der Waals surface area contributed by atoms with Gasteiger partial charge in [0.05, 0.1) is 6.07 Å². The van der Waals surface area contributed by atoms with Crippen molar-refractivity contribution in [3.8, 4) is 6.07 Å². The van der Waals surface area contributed by atoms with Crippen molar-refractivity contribution >= 4 is 5.91 Å². The van der Waals surface area contributed by atoms with Crippen LogP contribution in [0.25, 0.3) is 0 Å². The average molecular weight is 253 g/mol. The predicted octanol–water partition coefficient (Wildman–Crippen LogP) is 2.16. The van der Waals surface area contributed by atoms with Crippen molar-refractivity contribution in [1.29, 1.82) is 5.26 Å². The molecule has 4 nitrogen and oxygen atoms in total. The molecule has 0 saturated carbocycles. The van der Waals surface area contributed by atoms with Crippen LogP contribution in [0.5, 0.6) is 0 Å². The minimum atomic E-state index is -0.478. The van der Waals surface area contributed by atoms with E-state index in [0.29, 0.717) is 19.0 Å². The minimum absolute atomic E-state index is 0.114. The molecule has 0 aromatic heterocycles. The van der Waals surface area contributed by atoms with Gasteiger partial charge in [0.1, 0.15) is 5.92 Å². The fraction of sp³-hybridized carbons (Fsp3) is 0.857. The summed E-state index contributed by atoms with van der Waals surface area (Å²) in [5.41, 5.74) is 0. The molecular weight excluding hydrogens is 226 g/mol. The molecule has 0 fully saturated rings. The van der Waals surface area contributed by atoms with Crippen molar-refractivity contribution in [3.05, 3.63) is 0 Å². The van der Waals surface area contributed by atoms with E-state index in [1.807, 2.05) is 6.92 Å². The number of unbranched alkanes of at least 4 members (excludes halogenated alkanes) is 1. The van der Waals surface area contributed by atoms with Gasteiger partial charge in [-0.15, -0.1) is 0 Å². The van der Waals surface area contributed by atoms with Crippen LogP contribution in [0.15, 0.2) is 0 Å². The van der Waals surface area contributed by atoms with E-state index in [4.69, 9.17) is 5.26 Å². The van der Waals surface area contributed by atoms with Crippen molar-refractivity contribution in [2.45, 2.75) is 52.5 Å². The first-order valence-corrected chi connectivity index (χ1v) is 6.90. The molecule has 0 heterocycles. The van der Waals surface area contributed by atoms with Gasteiger partial charge in [0, 0.05) is 12.6 Å². The largest absolute Gasteiger partial charge is 0.355 e. The molecular formula is C14H27N3O. The molecule has 0 aliphatic carbocycles. The van der Waals surface area contributed by atoms with Gasteiger partial charge in [0.2, 0.25) is 5.91 Å². The topological polar surface area (TPSA) is 56.1 Å². The molecule has 1 amide bonds. The van der Waals surface area contributed by atoms with Crippen molar-refractivity contribution in [2.24, 2.45) is 5.92 Å². The van der Waals surface area contributed by atoms with E-state index in [1.54, 1.807) is 0 Å². The maximum Gasteiger partial charge on any atom is 0.237 e. The van der Waals surface area contributed by atoms with Gasteiger partial charge < -0.3 is 10.2 Å². The van der Waals surface area contributed by atoms with Crippen LogP contribution < -0.4 is 5.32 Å². The first-order valence-electron chi connectivity index (χ1n) is 6.90. The number of nitriles is 1. The predicted molar refractivity (Wildman–Crippen MR) is 74.0 cm³/mol. The monoisotopic (exact) mass is 253 g/mol. The first-order chi connectivity index (χ1) is 8.52. The van der Waals surface area contributed by atoms with Gasteiger partial charge in [-0.25, -0.2) is 0 Å². The van der Waals surface area contributed by atoms with Crippen molar-refractivity contribution in [2.75, 3.05) is 20.1 Å². The molecule has 0 aromatic carbocycles. The molecule has 4 heteroatoms. The second-order valence-electron chi connectivity index (χ2n) is 5.04. The van der Waals surface area contributed by atoms with E-state index in [1.165, 1.54) is 0 Å². The summed E-state index contributed by atoms with van der Waals surface area (Å²) in [6.07, 6.45) is 3.55. The van der Waals surface area contributed by atoms with Gasteiger partial charge >= 0.3 is 0 Å². The summed E-state index contributed by atoms with van der Waals surface area (Å²) in [5, 5.41) is 11.7. The lowest BCUT2D eigenvalue weighted by Gasteiger charge is -2.20. The van der Waals surface area contributed by atoms with E-state index in [2.05, 4.69) is 37.2 Å². The molecule has 0 saturated heterocycles. The highest BCUT2D eigenvalue weighted by atomic mass is 16.1. The minimum Gasteiger partial charge on any atom is -0.355 e. The van der Waals surface area contributed by atoms with E-state index < -0.39 is 5.92 Å². The molecule has 0 bridgehead atoms. The quantitative estimate of drug-likeness (QED) is 0.641. The Morgan fingerprint density at radius 2 is 2.06 bits per heavy atom. The van der Waals surface area contributed by atoms with Gasteiger partial charge in [-0.1, -0.05) is 13.3 Å². The smallest absolute Gasteiger partial charge is 0.237 e. The fourth-order valence-corrected chi connectivity index (χ4v) is 1.62. The Morgan fingerprint density at radius 1 is 1.39 bits per heavy atom. The normalized spacial score (nSPS) is 12.5. The molecule has 0 radical (unpaired) electrons. The van der Waals surface area contributed by atoms with Gasteiger partial charge in [0.15, 0.2) is 0 Å². The van der Waals surface area contributed by atoms with Crippen LogP contribution in [-0.2, 0) is 4.79 Å². The van der Waals surface area contributed by atoms with Crippen LogP contribution in [0.1, 0.15) is 46.5 Å². The lowest BCUT2D eigenvalue weighted by Crippen LogP contribution is -2.32. The summed E-state index contributed by atoms with van der Waals surface area (Å²) in [5.74, 6) is -0.593. The number of hydrogen-bond donors (Lipinski definition) is 1. The second kappa shape index (κ2) is 9.90. The third-order valence-corrected chi connectivity index (χ3v) is 3.17. The Bertz CT molecular complexity index is 271. The highest BCUT2D eigenvalue weighted by Crippen LogP contribution is 2.04. The number of carbonyl (C=O) groups excluding carboxylic acids is 1. The number of nitrogens with zero attached hydrogens (tertiary/aromatic N) is 2. The van der Waals surface area contributed by atoms with Gasteiger partial charge in [0.25, 0.3) is 0 Å². The summed E-state index contributed by atoms with van der Waals surface area (Å²) in [7, 11) is 2.11. The number of carbonyl (C=O) groups is 1. The highest BCUT2D eigenvalue weighted by Gasteiger charge is 2.15. The zero-order valence-electron chi connectivity index (χ0n) is 12.2. The van der Waals surface area contributed by atoms with Gasteiger partial charge in [-0.3, -0.25) is 4.79 Å². The summed E-state index contributed by atoms with van der Waals surface area (Å²) >= 11 is 0. The van der Waals surface area contributed by atoms with Gasteiger partial charge in [-0.2, -0.15) is 5.26 Å². The molecule has 1 unspecified atom stereocenters. The Balaban J connectivity index is 3.66. The standard InChI is InChI=1S/C14H27N3O/c1-5-8-13(11-15)14(18)16-9-6-7-10-17(4)12(2)3/h12-13H,5-10H2,1-4H3,(H,16,18). The zero-order chi connectivity index (χ0) is 14.0. The Kier molecular flexibility index (Phi) is 9.31. The Morgan fingerprint density at radius 3 is 2.56 bits per heavy atom. The lowest BCUT2D eigenvalue weighted by atomic mass is 10.1. The summed E-state index contributed by atoms with van der Waals surface area (Å²) in [6, 6.07) is 2.62. The SMILES string of the molecule is CCCC(C#N)C(=O)NCCCCN(C)C(C)C. The molecule has 104 valence electrons. The second-order valence-corrected chi connectivity index (χ2v) is 5.04. The third kappa shape index (κ3) is 7.29. The fourth-order valence-electron chi connectivity index (χ4n) is 1.62. The van der Waals surface area contributed by atoms with Crippen LogP contribution >= 0.6 is 0 Å². The Hall–Kier alpha value is -1.08. The zero-order valence-corrected chi connectivity index (χ0v) is 12.2. The molecule has 0 aliphatic heterocycles. The molecule has 0 aliphatic rings. The summed E-state index contributed by atoms with van der Waals surface area (Å²) in [6.45, 7) is 8.05. The molecule has 0 aromatic rings. The average Bonchev–Trinajstić information content (AvgIpc) is 2.34. The maximum atomic E-state index is 11.6. The van der Waals surface area contributed by atoms with E-state index in [-0.39, 0.29) is 5.91 Å². The van der Waals surface area contributed by atoms with Crippen LogP contribution in [0.4, 0.5) is 0 Å². The first kappa shape index (κ1) is 16.9. The number of rotatable bonds is 9. The molecule has 0 rings (SSSR count). The van der Waals surface area contributed by atoms with Crippen molar-refractivity contribution in [1.82, 2.24) is 10.2 Å². The number of nitrogens with one attached hydrogen (secondary N) is 1.